The molecule has 178 valence electrons. The van der Waals surface area contributed by atoms with Gasteiger partial charge in [-0.25, -0.2) is 4.79 Å². The lowest BCUT2D eigenvalue weighted by molar-refractivity contribution is -0.121. The number of phenols is 1. The number of nitrogens with zero attached hydrogens (tertiary/aromatic N) is 1. The van der Waals surface area contributed by atoms with Gasteiger partial charge in [0.15, 0.2) is 0 Å². The van der Waals surface area contributed by atoms with Crippen molar-refractivity contribution in [2.75, 3.05) is 24.6 Å². The first-order valence-electron chi connectivity index (χ1n) is 12.2. The molecule has 1 heterocycles. The van der Waals surface area contributed by atoms with Gasteiger partial charge < -0.3 is 20.1 Å². The van der Waals surface area contributed by atoms with Crippen molar-refractivity contribution in [2.24, 2.45) is 0 Å². The van der Waals surface area contributed by atoms with E-state index in [1.54, 1.807) is 6.07 Å². The normalized spacial score (nSPS) is 14.5. The second kappa shape index (κ2) is 12.3. The monoisotopic (exact) mass is 452 g/mol. The summed E-state index contributed by atoms with van der Waals surface area (Å²) >= 11 is 0. The molecule has 1 aliphatic rings. The van der Waals surface area contributed by atoms with Gasteiger partial charge in [-0.15, -0.1) is 0 Å². The summed E-state index contributed by atoms with van der Waals surface area (Å²) in [6, 6.07) is 13.0. The zero-order valence-electron chi connectivity index (χ0n) is 19.8. The number of nitrogens with one attached hydrogen (secondary N) is 1. The van der Waals surface area contributed by atoms with Gasteiger partial charge in [-0.05, 0) is 61.4 Å². The van der Waals surface area contributed by atoms with Crippen molar-refractivity contribution in [3.05, 3.63) is 59.2 Å². The predicted octanol–water partition coefficient (Wildman–Crippen LogP) is 5.15. The van der Waals surface area contributed by atoms with Crippen molar-refractivity contribution in [1.82, 2.24) is 5.32 Å². The van der Waals surface area contributed by atoms with Crippen LogP contribution < -0.4 is 10.2 Å². The minimum absolute atomic E-state index is 0.0717. The van der Waals surface area contributed by atoms with E-state index in [-0.39, 0.29) is 29.7 Å². The third kappa shape index (κ3) is 6.73. The van der Waals surface area contributed by atoms with Gasteiger partial charge in [0, 0.05) is 18.8 Å². The Morgan fingerprint density at radius 2 is 1.82 bits per heavy atom. The van der Waals surface area contributed by atoms with E-state index in [2.05, 4.69) is 35.3 Å². The number of ether oxygens (including phenoxy) is 1. The average Bonchev–Trinajstić information content (AvgIpc) is 2.83. The molecule has 6 heteroatoms. The Morgan fingerprint density at radius 3 is 2.52 bits per heavy atom. The maximum atomic E-state index is 12.9. The Hall–Kier alpha value is -3.02. The van der Waals surface area contributed by atoms with E-state index >= 15 is 0 Å². The predicted molar refractivity (Wildman–Crippen MR) is 131 cm³/mol. The number of hydrogen-bond acceptors (Lipinski definition) is 5. The number of anilines is 1. The van der Waals surface area contributed by atoms with E-state index in [4.69, 9.17) is 4.74 Å². The lowest BCUT2D eigenvalue weighted by Gasteiger charge is -2.32. The van der Waals surface area contributed by atoms with E-state index in [9.17, 15) is 14.7 Å². The molecule has 0 saturated carbocycles. The van der Waals surface area contributed by atoms with Crippen LogP contribution in [-0.4, -0.2) is 36.7 Å². The number of aromatic hydroxyl groups is 1. The Morgan fingerprint density at radius 1 is 1.06 bits per heavy atom. The molecule has 1 fully saturated rings. The lowest BCUT2D eigenvalue weighted by Crippen LogP contribution is -2.34. The summed E-state index contributed by atoms with van der Waals surface area (Å²) in [4.78, 5) is 27.4. The molecular formula is C27H36N2O4. The zero-order valence-corrected chi connectivity index (χ0v) is 19.8. The van der Waals surface area contributed by atoms with E-state index in [0.29, 0.717) is 18.6 Å². The Bertz CT molecular complexity index is 937. The van der Waals surface area contributed by atoms with E-state index in [1.165, 1.54) is 37.1 Å². The second-order valence-corrected chi connectivity index (χ2v) is 8.68. The van der Waals surface area contributed by atoms with Gasteiger partial charge in [-0.2, -0.15) is 0 Å². The number of rotatable bonds is 10. The summed E-state index contributed by atoms with van der Waals surface area (Å²) in [6.07, 6.45) is 6.32. The fourth-order valence-corrected chi connectivity index (χ4v) is 4.36. The molecule has 0 spiro atoms. The molecule has 1 amide bonds. The number of phenolic OH excluding ortho intramolecular Hbond substituents is 1. The number of carbonyl (C=O) groups is 2. The topological polar surface area (TPSA) is 78.9 Å². The molecule has 2 N–H and O–H groups in total. The van der Waals surface area contributed by atoms with Crippen LogP contribution in [0, 0.1) is 0 Å². The maximum Gasteiger partial charge on any atom is 0.341 e. The summed E-state index contributed by atoms with van der Waals surface area (Å²) in [5, 5.41) is 13.5. The number of esters is 1. The molecule has 1 atom stereocenters. The van der Waals surface area contributed by atoms with Gasteiger partial charge in [0.05, 0.1) is 19.1 Å². The Kier molecular flexibility index (Phi) is 9.16. The van der Waals surface area contributed by atoms with Crippen LogP contribution in [0.25, 0.3) is 0 Å². The van der Waals surface area contributed by atoms with Crippen molar-refractivity contribution >= 4 is 17.6 Å². The minimum atomic E-state index is -0.553. The molecule has 6 nitrogen and oxygen atoms in total. The van der Waals surface area contributed by atoms with Crippen molar-refractivity contribution in [3.8, 4) is 5.75 Å². The second-order valence-electron chi connectivity index (χ2n) is 8.68. The molecule has 33 heavy (non-hydrogen) atoms. The summed E-state index contributed by atoms with van der Waals surface area (Å²) in [6.45, 7) is 6.44. The largest absolute Gasteiger partial charge is 0.507 e. The number of amides is 1. The quantitative estimate of drug-likeness (QED) is 0.488. The van der Waals surface area contributed by atoms with E-state index in [1.807, 2.05) is 13.0 Å². The fraction of sp³-hybridized carbons (Fsp3) is 0.481. The van der Waals surface area contributed by atoms with Crippen LogP contribution in [0.2, 0.25) is 0 Å². The molecule has 1 saturated heterocycles. The minimum Gasteiger partial charge on any atom is -0.507 e. The Labute approximate surface area is 196 Å². The summed E-state index contributed by atoms with van der Waals surface area (Å²) < 4.78 is 5.09. The molecule has 2 aromatic rings. The number of para-hydroxylation sites is 1. The third-order valence-electron chi connectivity index (χ3n) is 6.01. The highest BCUT2D eigenvalue weighted by Crippen LogP contribution is 2.31. The SMILES string of the molecule is CCCOC(=O)c1ccc(CC(=O)NC(CCC)c2ccccc2N2CCCCC2)cc1O. The van der Waals surface area contributed by atoms with Gasteiger partial charge >= 0.3 is 5.97 Å². The van der Waals surface area contributed by atoms with Gasteiger partial charge in [0.25, 0.3) is 0 Å². The van der Waals surface area contributed by atoms with Crippen LogP contribution in [-0.2, 0) is 16.0 Å². The fourth-order valence-electron chi connectivity index (χ4n) is 4.36. The maximum absolute atomic E-state index is 12.9. The lowest BCUT2D eigenvalue weighted by atomic mass is 9.98. The number of piperidine rings is 1. The summed E-state index contributed by atoms with van der Waals surface area (Å²) in [5.41, 5.74) is 3.14. The van der Waals surface area contributed by atoms with E-state index < -0.39 is 5.97 Å². The van der Waals surface area contributed by atoms with Crippen molar-refractivity contribution in [2.45, 2.75) is 64.8 Å². The molecule has 1 unspecified atom stereocenters. The number of carbonyl (C=O) groups excluding carboxylic acids is 2. The highest BCUT2D eigenvalue weighted by atomic mass is 16.5. The van der Waals surface area contributed by atoms with Gasteiger partial charge in [0.1, 0.15) is 11.3 Å². The molecule has 0 radical (unpaired) electrons. The molecule has 0 aliphatic carbocycles. The van der Waals surface area contributed by atoms with Crippen LogP contribution in [0.3, 0.4) is 0 Å². The standard InChI is InChI=1S/C27H36N2O4/c1-3-10-23(21-11-6-7-12-24(21)29-15-8-5-9-16-29)28-26(31)19-20-13-14-22(25(30)18-20)27(32)33-17-4-2/h6-7,11-14,18,23,30H,3-5,8-10,15-17,19H2,1-2H3,(H,28,31). The molecule has 0 aromatic heterocycles. The summed E-state index contributed by atoms with van der Waals surface area (Å²) in [5.74, 6) is -0.827. The molecule has 2 aromatic carbocycles. The molecule has 3 rings (SSSR count). The highest BCUT2D eigenvalue weighted by molar-refractivity contribution is 5.92. The van der Waals surface area contributed by atoms with Gasteiger partial charge in [0.2, 0.25) is 5.91 Å². The van der Waals surface area contributed by atoms with Gasteiger partial charge in [-0.3, -0.25) is 4.79 Å². The highest BCUT2D eigenvalue weighted by Gasteiger charge is 2.21. The van der Waals surface area contributed by atoms with Crippen LogP contribution in [0.1, 0.15) is 79.9 Å². The Balaban J connectivity index is 1.70. The van der Waals surface area contributed by atoms with Gasteiger partial charge in [-0.1, -0.05) is 44.5 Å². The molecule has 1 aliphatic heterocycles. The van der Waals surface area contributed by atoms with Crippen LogP contribution >= 0.6 is 0 Å². The average molecular weight is 453 g/mol. The van der Waals surface area contributed by atoms with Crippen LogP contribution in [0.5, 0.6) is 5.75 Å². The first kappa shape index (κ1) is 24.6. The smallest absolute Gasteiger partial charge is 0.341 e. The third-order valence-corrected chi connectivity index (χ3v) is 6.01. The first-order chi connectivity index (χ1) is 16.0. The zero-order chi connectivity index (χ0) is 23.6. The van der Waals surface area contributed by atoms with E-state index in [0.717, 1.165) is 31.5 Å². The van der Waals surface area contributed by atoms with Crippen molar-refractivity contribution < 1.29 is 19.4 Å². The molecule has 0 bridgehead atoms. The van der Waals surface area contributed by atoms with Crippen molar-refractivity contribution in [1.29, 1.82) is 0 Å². The number of hydrogen-bond donors (Lipinski definition) is 2. The number of benzene rings is 2. The van der Waals surface area contributed by atoms with Crippen LogP contribution in [0.4, 0.5) is 5.69 Å². The summed E-state index contributed by atoms with van der Waals surface area (Å²) in [7, 11) is 0. The first-order valence-corrected chi connectivity index (χ1v) is 12.2. The molecular weight excluding hydrogens is 416 g/mol. The van der Waals surface area contributed by atoms with Crippen LogP contribution in [0.15, 0.2) is 42.5 Å². The van der Waals surface area contributed by atoms with Crippen molar-refractivity contribution in [3.63, 3.8) is 0 Å².